The molecule has 0 amide bonds. The van der Waals surface area contributed by atoms with Gasteiger partial charge in [0.05, 0.1) is 5.92 Å². The highest BCUT2D eigenvalue weighted by Crippen LogP contribution is 2.31. The molecule has 3 nitrogen and oxygen atoms in total. The molecule has 2 N–H and O–H groups in total. The van der Waals surface area contributed by atoms with Crippen LogP contribution in [-0.4, -0.2) is 17.1 Å². The number of hydrogen-bond acceptors (Lipinski definition) is 2. The Labute approximate surface area is 121 Å². The van der Waals surface area contributed by atoms with Crippen LogP contribution in [0.15, 0.2) is 24.3 Å². The van der Waals surface area contributed by atoms with E-state index in [0.29, 0.717) is 6.04 Å². The van der Waals surface area contributed by atoms with Crippen molar-refractivity contribution in [3.8, 4) is 0 Å². The summed E-state index contributed by atoms with van der Waals surface area (Å²) in [6.07, 6.45) is 2.57. The summed E-state index contributed by atoms with van der Waals surface area (Å²) in [5, 5.41) is 12.6. The smallest absolute Gasteiger partial charge is 0.310 e. The summed E-state index contributed by atoms with van der Waals surface area (Å²) < 4.78 is 0. The molecular weight excluding hydrogens is 250 g/mol. The van der Waals surface area contributed by atoms with Crippen LogP contribution < -0.4 is 5.32 Å². The maximum atomic E-state index is 10.9. The van der Waals surface area contributed by atoms with Gasteiger partial charge in [-0.2, -0.15) is 0 Å². The normalized spacial score (nSPS) is 27.4. The molecule has 1 saturated carbocycles. The number of rotatable bonds is 5. The molecule has 1 aliphatic carbocycles. The standard InChI is InChI=1S/C17H25NO2/c1-11-4-9-16(12(11)2)18-10-14-5-7-15(8-6-14)13(3)17(19)20/h5-8,11-13,16,18H,4,9-10H2,1-3H3,(H,19,20). The fourth-order valence-corrected chi connectivity index (χ4v) is 2.97. The fourth-order valence-electron chi connectivity index (χ4n) is 2.97. The molecule has 0 aliphatic heterocycles. The van der Waals surface area contributed by atoms with E-state index in [1.54, 1.807) is 6.92 Å². The lowest BCUT2D eigenvalue weighted by Crippen LogP contribution is -2.31. The van der Waals surface area contributed by atoms with Crippen LogP contribution in [0, 0.1) is 11.8 Å². The molecule has 1 fully saturated rings. The molecule has 0 bridgehead atoms. The largest absolute Gasteiger partial charge is 0.481 e. The van der Waals surface area contributed by atoms with Crippen molar-refractivity contribution in [2.24, 2.45) is 11.8 Å². The Hall–Kier alpha value is -1.35. The maximum absolute atomic E-state index is 10.9. The third kappa shape index (κ3) is 3.40. The van der Waals surface area contributed by atoms with E-state index in [4.69, 9.17) is 5.11 Å². The monoisotopic (exact) mass is 275 g/mol. The first-order valence-corrected chi connectivity index (χ1v) is 7.54. The molecule has 0 spiro atoms. The molecule has 3 heteroatoms. The highest BCUT2D eigenvalue weighted by molar-refractivity contribution is 5.75. The van der Waals surface area contributed by atoms with E-state index in [1.165, 1.54) is 18.4 Å². The van der Waals surface area contributed by atoms with Crippen LogP contribution in [0.25, 0.3) is 0 Å². The van der Waals surface area contributed by atoms with Gasteiger partial charge in [0.25, 0.3) is 0 Å². The van der Waals surface area contributed by atoms with Gasteiger partial charge >= 0.3 is 5.97 Å². The molecule has 1 aliphatic rings. The predicted molar refractivity (Wildman–Crippen MR) is 80.7 cm³/mol. The van der Waals surface area contributed by atoms with E-state index < -0.39 is 11.9 Å². The lowest BCUT2D eigenvalue weighted by Gasteiger charge is -2.20. The second kappa shape index (κ2) is 6.40. The number of carboxylic acids is 1. The Balaban J connectivity index is 1.90. The zero-order valence-electron chi connectivity index (χ0n) is 12.6. The number of carbonyl (C=O) groups is 1. The molecule has 110 valence electrons. The molecule has 0 radical (unpaired) electrons. The van der Waals surface area contributed by atoms with Crippen molar-refractivity contribution in [3.63, 3.8) is 0 Å². The summed E-state index contributed by atoms with van der Waals surface area (Å²) in [7, 11) is 0. The molecule has 1 aromatic carbocycles. The molecule has 0 heterocycles. The lowest BCUT2D eigenvalue weighted by atomic mass is 9.97. The highest BCUT2D eigenvalue weighted by atomic mass is 16.4. The summed E-state index contributed by atoms with van der Waals surface area (Å²) >= 11 is 0. The van der Waals surface area contributed by atoms with Crippen LogP contribution in [0.5, 0.6) is 0 Å². The minimum atomic E-state index is -0.773. The summed E-state index contributed by atoms with van der Waals surface area (Å²) in [5.74, 6) is 0.338. The third-order valence-corrected chi connectivity index (χ3v) is 4.88. The first-order valence-electron chi connectivity index (χ1n) is 7.54. The first-order chi connectivity index (χ1) is 9.49. The van der Waals surface area contributed by atoms with Gasteiger partial charge in [-0.15, -0.1) is 0 Å². The van der Waals surface area contributed by atoms with Crippen LogP contribution >= 0.6 is 0 Å². The van der Waals surface area contributed by atoms with E-state index in [2.05, 4.69) is 19.2 Å². The van der Waals surface area contributed by atoms with Crippen molar-refractivity contribution >= 4 is 5.97 Å². The molecule has 1 aromatic rings. The van der Waals surface area contributed by atoms with E-state index >= 15 is 0 Å². The van der Waals surface area contributed by atoms with Gasteiger partial charge in [-0.3, -0.25) is 4.79 Å². The summed E-state index contributed by atoms with van der Waals surface area (Å²) in [6.45, 7) is 7.24. The third-order valence-electron chi connectivity index (χ3n) is 4.88. The summed E-state index contributed by atoms with van der Waals surface area (Å²) in [5.41, 5.74) is 2.09. The van der Waals surface area contributed by atoms with Gasteiger partial charge in [-0.25, -0.2) is 0 Å². The molecular formula is C17H25NO2. The van der Waals surface area contributed by atoms with Gasteiger partial charge in [0, 0.05) is 12.6 Å². The van der Waals surface area contributed by atoms with Crippen molar-refractivity contribution in [2.75, 3.05) is 0 Å². The second-order valence-electron chi connectivity index (χ2n) is 6.20. The van der Waals surface area contributed by atoms with Gasteiger partial charge in [0.2, 0.25) is 0 Å². The SMILES string of the molecule is CC(C(=O)O)c1ccc(CNC2CCC(C)C2C)cc1. The van der Waals surface area contributed by atoms with Gasteiger partial charge in [-0.1, -0.05) is 38.1 Å². The van der Waals surface area contributed by atoms with Crippen LogP contribution in [0.4, 0.5) is 0 Å². The minimum Gasteiger partial charge on any atom is -0.481 e. The maximum Gasteiger partial charge on any atom is 0.310 e. The van der Waals surface area contributed by atoms with Crippen molar-refractivity contribution in [1.29, 1.82) is 0 Å². The Morgan fingerprint density at radius 2 is 1.95 bits per heavy atom. The highest BCUT2D eigenvalue weighted by Gasteiger charge is 2.28. The number of nitrogens with one attached hydrogen (secondary N) is 1. The van der Waals surface area contributed by atoms with Gasteiger partial charge in [-0.05, 0) is 42.7 Å². The predicted octanol–water partition coefficient (Wildman–Crippen LogP) is 3.40. The van der Waals surface area contributed by atoms with Gasteiger partial charge in [0.15, 0.2) is 0 Å². The van der Waals surface area contributed by atoms with Crippen molar-refractivity contribution in [1.82, 2.24) is 5.32 Å². The van der Waals surface area contributed by atoms with Crippen molar-refractivity contribution < 1.29 is 9.90 Å². The average Bonchev–Trinajstić information content (AvgIpc) is 2.76. The number of carboxylic acid groups (broad SMARTS) is 1. The fraction of sp³-hybridized carbons (Fsp3) is 0.588. The van der Waals surface area contributed by atoms with Gasteiger partial charge < -0.3 is 10.4 Å². The first kappa shape index (κ1) is 15.0. The number of benzene rings is 1. The van der Waals surface area contributed by atoms with E-state index in [0.717, 1.165) is 23.9 Å². The zero-order chi connectivity index (χ0) is 14.7. The summed E-state index contributed by atoms with van der Waals surface area (Å²) in [6, 6.07) is 8.53. The zero-order valence-corrected chi connectivity index (χ0v) is 12.6. The second-order valence-corrected chi connectivity index (χ2v) is 6.20. The number of aliphatic carboxylic acids is 1. The molecule has 0 aromatic heterocycles. The van der Waals surface area contributed by atoms with E-state index in [9.17, 15) is 4.79 Å². The quantitative estimate of drug-likeness (QED) is 0.866. The lowest BCUT2D eigenvalue weighted by molar-refractivity contribution is -0.138. The number of hydrogen-bond donors (Lipinski definition) is 2. The molecule has 20 heavy (non-hydrogen) atoms. The van der Waals surface area contributed by atoms with E-state index in [1.807, 2.05) is 24.3 Å². The van der Waals surface area contributed by atoms with Gasteiger partial charge in [0.1, 0.15) is 0 Å². The van der Waals surface area contributed by atoms with Crippen LogP contribution in [0.3, 0.4) is 0 Å². The average molecular weight is 275 g/mol. The van der Waals surface area contributed by atoms with Crippen molar-refractivity contribution in [2.45, 2.75) is 52.1 Å². The molecule has 2 rings (SSSR count). The Bertz CT molecular complexity index is 455. The Morgan fingerprint density at radius 3 is 2.45 bits per heavy atom. The topological polar surface area (TPSA) is 49.3 Å². The molecule has 4 atom stereocenters. The van der Waals surface area contributed by atoms with Crippen LogP contribution in [-0.2, 0) is 11.3 Å². The molecule has 4 unspecified atom stereocenters. The van der Waals surface area contributed by atoms with Crippen LogP contribution in [0.2, 0.25) is 0 Å². The van der Waals surface area contributed by atoms with Crippen LogP contribution in [0.1, 0.15) is 50.7 Å². The van der Waals surface area contributed by atoms with E-state index in [-0.39, 0.29) is 0 Å². The summed E-state index contributed by atoms with van der Waals surface area (Å²) in [4.78, 5) is 10.9. The minimum absolute atomic E-state index is 0.437. The molecule has 0 saturated heterocycles. The van der Waals surface area contributed by atoms with Crippen molar-refractivity contribution in [3.05, 3.63) is 35.4 Å². The Morgan fingerprint density at radius 1 is 1.30 bits per heavy atom. The Kier molecular flexibility index (Phi) is 4.81.